The van der Waals surface area contributed by atoms with Crippen LogP contribution in [0.5, 0.6) is 0 Å². The van der Waals surface area contributed by atoms with E-state index >= 15 is 4.79 Å². The third kappa shape index (κ3) is 8.52. The third-order valence-electron chi connectivity index (χ3n) is 17.6. The van der Waals surface area contributed by atoms with Crippen molar-refractivity contribution in [2.75, 3.05) is 82.2 Å². The molecule has 1 spiro atoms. The number of likely N-dealkylation sites (tertiary alicyclic amines) is 3. The molecule has 0 radical (unpaired) electrons. The smallest absolute Gasteiger partial charge is 0.319 e. The molecule has 7 aliphatic heterocycles. The summed E-state index contributed by atoms with van der Waals surface area (Å²) < 4.78 is 2.20. The molecule has 2 saturated carbocycles. The summed E-state index contributed by atoms with van der Waals surface area (Å²) >= 11 is 0. The summed E-state index contributed by atoms with van der Waals surface area (Å²) in [5.74, 6) is 1.41. The molecule has 0 bridgehead atoms. The van der Waals surface area contributed by atoms with Crippen molar-refractivity contribution >= 4 is 52.2 Å². The van der Waals surface area contributed by atoms with Gasteiger partial charge in [-0.3, -0.25) is 24.5 Å². The lowest BCUT2D eigenvalue weighted by molar-refractivity contribution is -0.138. The highest BCUT2D eigenvalue weighted by molar-refractivity contribution is 6.09. The molecule has 12 rings (SSSR count). The summed E-state index contributed by atoms with van der Waals surface area (Å²) in [6, 6.07) is 10.0. The topological polar surface area (TPSA) is 172 Å². The molecule has 9 heterocycles. The van der Waals surface area contributed by atoms with Gasteiger partial charge in [0.15, 0.2) is 5.82 Å². The summed E-state index contributed by atoms with van der Waals surface area (Å²) in [5, 5.41) is 9.62. The Kier molecular flexibility index (Phi) is 12.1. The second kappa shape index (κ2) is 18.6. The fraction of sp³-hybridized carbons (Fsp3) is 0.611. The highest BCUT2D eigenvalue weighted by Gasteiger charge is 2.56. The minimum Gasteiger partial charge on any atom is -0.368 e. The van der Waals surface area contributed by atoms with Crippen molar-refractivity contribution in [3.63, 3.8) is 0 Å². The number of fused-ring (bicyclic) bond motifs is 3. The number of imidazole rings is 1. The van der Waals surface area contributed by atoms with Crippen LogP contribution in [0.15, 0.2) is 54.1 Å². The van der Waals surface area contributed by atoms with Crippen molar-refractivity contribution < 1.29 is 24.0 Å². The Morgan fingerprint density at radius 1 is 0.803 bits per heavy atom. The van der Waals surface area contributed by atoms with Gasteiger partial charge in [0, 0.05) is 107 Å². The number of nitrogens with one attached hydrogen (secondary N) is 3. The molecule has 3 N–H and O–H groups in total. The first-order chi connectivity index (χ1) is 34.5. The van der Waals surface area contributed by atoms with E-state index in [1.807, 2.05) is 33.2 Å². The van der Waals surface area contributed by atoms with Gasteiger partial charge in [-0.25, -0.2) is 14.8 Å². The Hall–Kier alpha value is -5.97. The number of aromatic nitrogens is 3. The maximum absolute atomic E-state index is 15.2. The van der Waals surface area contributed by atoms with Crippen LogP contribution in [-0.2, 0) is 24.6 Å². The van der Waals surface area contributed by atoms with Crippen LogP contribution in [0.1, 0.15) is 109 Å². The van der Waals surface area contributed by atoms with Gasteiger partial charge in [0.1, 0.15) is 11.3 Å². The maximum Gasteiger partial charge on any atom is 0.319 e. The quantitative estimate of drug-likeness (QED) is 0.236. The fourth-order valence-corrected chi connectivity index (χ4v) is 13.1. The number of hydrogen-bond acceptors (Lipinski definition) is 11. The largest absolute Gasteiger partial charge is 0.368 e. The van der Waals surface area contributed by atoms with Crippen molar-refractivity contribution in [2.24, 2.45) is 11.8 Å². The number of dihydropyridines is 1. The molecule has 71 heavy (non-hydrogen) atoms. The Morgan fingerprint density at radius 2 is 1.55 bits per heavy atom. The molecular weight excluding hydrogens is 897 g/mol. The summed E-state index contributed by atoms with van der Waals surface area (Å²) in [5.41, 5.74) is 6.18. The zero-order valence-electron chi connectivity index (χ0n) is 41.5. The number of urea groups is 1. The van der Waals surface area contributed by atoms with Gasteiger partial charge in [0.2, 0.25) is 23.6 Å². The first-order valence-corrected chi connectivity index (χ1v) is 26.9. The molecule has 17 nitrogen and oxygen atoms in total. The van der Waals surface area contributed by atoms with E-state index in [4.69, 9.17) is 9.97 Å². The summed E-state index contributed by atoms with van der Waals surface area (Å²) in [6.07, 6.45) is 17.3. The number of benzene rings is 1. The van der Waals surface area contributed by atoms with Crippen LogP contribution in [0.2, 0.25) is 0 Å². The van der Waals surface area contributed by atoms with Gasteiger partial charge in [-0.1, -0.05) is 24.6 Å². The zero-order chi connectivity index (χ0) is 48.5. The molecule has 376 valence electrons. The van der Waals surface area contributed by atoms with Gasteiger partial charge in [-0.15, -0.1) is 0 Å². The van der Waals surface area contributed by atoms with Gasteiger partial charge >= 0.3 is 6.03 Å². The summed E-state index contributed by atoms with van der Waals surface area (Å²) in [4.78, 5) is 90.3. The predicted octanol–water partition coefficient (Wildman–Crippen LogP) is 5.35. The second-order valence-corrected chi connectivity index (χ2v) is 22.2. The van der Waals surface area contributed by atoms with Crippen molar-refractivity contribution in [3.8, 4) is 11.3 Å². The van der Waals surface area contributed by atoms with Crippen molar-refractivity contribution in [3.05, 3.63) is 59.7 Å². The van der Waals surface area contributed by atoms with E-state index in [1.165, 1.54) is 19.3 Å². The molecule has 1 aromatic carbocycles. The molecule has 17 heteroatoms. The van der Waals surface area contributed by atoms with Crippen molar-refractivity contribution in [1.29, 1.82) is 0 Å². The van der Waals surface area contributed by atoms with Crippen LogP contribution in [0.3, 0.4) is 0 Å². The molecule has 7 fully saturated rings. The molecule has 9 aliphatic rings. The van der Waals surface area contributed by atoms with Crippen LogP contribution in [0.25, 0.3) is 22.3 Å². The number of imide groups is 1. The summed E-state index contributed by atoms with van der Waals surface area (Å²) in [6.45, 7) is 12.0. The monoisotopic (exact) mass is 967 g/mol. The number of carbonyl (C=O) groups excluding carboxylic acids is 5. The van der Waals surface area contributed by atoms with Gasteiger partial charge in [-0.2, -0.15) is 0 Å². The average molecular weight is 967 g/mol. The minimum absolute atomic E-state index is 0.0145. The van der Waals surface area contributed by atoms with Crippen LogP contribution < -0.4 is 20.9 Å². The molecule has 6 amide bonds. The van der Waals surface area contributed by atoms with E-state index in [0.29, 0.717) is 110 Å². The van der Waals surface area contributed by atoms with E-state index in [9.17, 15) is 19.2 Å². The first-order valence-electron chi connectivity index (χ1n) is 26.9. The molecule has 2 aromatic heterocycles. The lowest BCUT2D eigenvalue weighted by Gasteiger charge is -2.48. The molecule has 5 saturated heterocycles. The second-order valence-electron chi connectivity index (χ2n) is 22.2. The molecule has 1 atom stereocenters. The van der Waals surface area contributed by atoms with E-state index in [2.05, 4.69) is 73.3 Å². The summed E-state index contributed by atoms with van der Waals surface area (Å²) in [7, 11) is 0. The first kappa shape index (κ1) is 46.1. The maximum atomic E-state index is 15.2. The Morgan fingerprint density at radius 3 is 2.24 bits per heavy atom. The number of nitrogens with zero attached hydrogens (tertiary/aromatic N) is 9. The van der Waals surface area contributed by atoms with Gasteiger partial charge in [0.25, 0.3) is 0 Å². The Balaban J connectivity index is 0.693. The Labute approximate surface area is 416 Å². The normalized spacial score (nSPS) is 26.3. The van der Waals surface area contributed by atoms with Crippen LogP contribution in [0.4, 0.5) is 16.3 Å². The zero-order valence-corrected chi connectivity index (χ0v) is 41.5. The van der Waals surface area contributed by atoms with E-state index < -0.39 is 5.41 Å². The lowest BCUT2D eigenvalue weighted by atomic mass is 9.73. The van der Waals surface area contributed by atoms with E-state index in [-0.39, 0.29) is 53.6 Å². The number of pyridine rings is 1. The molecule has 2 aliphatic carbocycles. The average Bonchev–Trinajstić information content (AvgIpc) is 4.05. The highest BCUT2D eigenvalue weighted by Crippen LogP contribution is 2.52. The van der Waals surface area contributed by atoms with E-state index in [1.54, 1.807) is 0 Å². The number of hydrogen-bond donors (Lipinski definition) is 3. The number of piperidine rings is 4. The lowest BCUT2D eigenvalue weighted by Crippen LogP contribution is -2.59. The van der Waals surface area contributed by atoms with Crippen molar-refractivity contribution in [1.82, 2.24) is 49.7 Å². The number of anilines is 2. The number of piperazine rings is 1. The third-order valence-corrected chi connectivity index (χ3v) is 17.6. The predicted molar refractivity (Wildman–Crippen MR) is 270 cm³/mol. The number of amides is 6. The van der Waals surface area contributed by atoms with Gasteiger partial charge < -0.3 is 44.6 Å². The molecule has 1 unspecified atom stereocenters. The standard InChI is InChI=1S/C54H70N12O5/c1-34(2)65-33-56-44-31-43(58-49(48(44)65)57-38-8-9-38)36-6-11-42-45(28-36)66(40-29-39(30-40)60-18-4-3-5-19-60)52(70)54(42)16-22-64(23-17-54)53(71)63-20-14-35(15-21-63)51(69)62-26-24-61(25-27-62)46-12-7-37(32-55-46)41-10-13-47(67)59-50(41)68/h6-7,11-12,28,31,33-35,38-41,55H,3-5,8-10,13-27,29-30,32H2,1-2H3,(H,57,58)(H,59,67,68). The number of allylic oxidation sites excluding steroid dienone is 2. The van der Waals surface area contributed by atoms with Crippen molar-refractivity contribution in [2.45, 2.75) is 127 Å². The van der Waals surface area contributed by atoms with Crippen LogP contribution in [0, 0.1) is 11.8 Å². The Bertz CT molecular complexity index is 2670. The van der Waals surface area contributed by atoms with Crippen LogP contribution in [-0.4, -0.2) is 159 Å². The van der Waals surface area contributed by atoms with Gasteiger partial charge in [0.05, 0.1) is 28.9 Å². The fourth-order valence-electron chi connectivity index (χ4n) is 13.1. The van der Waals surface area contributed by atoms with Crippen LogP contribution >= 0.6 is 0 Å². The molecular formula is C54H70N12O5. The van der Waals surface area contributed by atoms with Gasteiger partial charge in [-0.05, 0) is 127 Å². The molecule has 3 aromatic rings. The highest BCUT2D eigenvalue weighted by atomic mass is 16.2. The van der Waals surface area contributed by atoms with E-state index in [0.717, 1.165) is 89.5 Å². The number of carbonyl (C=O) groups is 5. The minimum atomic E-state index is -0.685. The number of rotatable bonds is 9. The SMILES string of the molecule is CC(C)n1cnc2cc(-c3ccc4c(c3)N(C3CC(N5CCCCC5)C3)C(=O)C43CCN(C(=O)N4CCC(C(=O)N5CCN(C6=CC=C(C7CCC(=O)NC7=O)CN6)CC5)CC4)CC3)nc(NC3CC3)c21.